The zero-order valence-corrected chi connectivity index (χ0v) is 10.9. The summed E-state index contributed by atoms with van der Waals surface area (Å²) in [7, 11) is 0. The molecule has 0 unspecified atom stereocenters. The van der Waals surface area contributed by atoms with Crippen LogP contribution in [0, 0.1) is 5.92 Å². The lowest BCUT2D eigenvalue weighted by molar-refractivity contribution is 0.0941. The molecule has 4 nitrogen and oxygen atoms in total. The first-order valence-electron chi connectivity index (χ1n) is 5.78. The second kappa shape index (κ2) is 6.45. The predicted molar refractivity (Wildman–Crippen MR) is 70.1 cm³/mol. The van der Waals surface area contributed by atoms with Crippen LogP contribution in [0.5, 0.6) is 0 Å². The van der Waals surface area contributed by atoms with Gasteiger partial charge in [-0.15, -0.1) is 0 Å². The highest BCUT2D eigenvalue weighted by Gasteiger charge is 2.13. The van der Waals surface area contributed by atoms with Gasteiger partial charge in [0.1, 0.15) is 11.5 Å². The number of halogens is 1. The molecule has 0 aliphatic heterocycles. The Kier molecular flexibility index (Phi) is 5.22. The molecular formula is C12H18ClN3O. The lowest BCUT2D eigenvalue weighted by atomic mass is 10.0. The fourth-order valence-electron chi connectivity index (χ4n) is 1.51. The molecule has 0 aliphatic carbocycles. The highest BCUT2D eigenvalue weighted by Crippen LogP contribution is 2.15. The molecule has 1 aromatic rings. The number of nitrogens with two attached hydrogens (primary N) is 1. The third-order valence-corrected chi connectivity index (χ3v) is 3.09. The van der Waals surface area contributed by atoms with Crippen molar-refractivity contribution in [2.24, 2.45) is 5.92 Å². The first kappa shape index (κ1) is 13.8. The molecule has 94 valence electrons. The number of nitrogens with one attached hydrogen (secondary N) is 1. The molecule has 0 aromatic carbocycles. The van der Waals surface area contributed by atoms with Crippen LogP contribution in [0.3, 0.4) is 0 Å². The van der Waals surface area contributed by atoms with Crippen LogP contribution in [0.15, 0.2) is 12.1 Å². The van der Waals surface area contributed by atoms with Gasteiger partial charge in [0.2, 0.25) is 0 Å². The van der Waals surface area contributed by atoms with Gasteiger partial charge in [-0.1, -0.05) is 38.3 Å². The van der Waals surface area contributed by atoms with E-state index >= 15 is 0 Å². The molecule has 0 spiro atoms. The Morgan fingerprint density at radius 3 is 2.71 bits per heavy atom. The topological polar surface area (TPSA) is 68.0 Å². The van der Waals surface area contributed by atoms with Crippen LogP contribution in [0.1, 0.15) is 37.2 Å². The van der Waals surface area contributed by atoms with Crippen molar-refractivity contribution in [1.29, 1.82) is 0 Å². The predicted octanol–water partition coefficient (Wildman–Crippen LogP) is 2.48. The molecule has 1 amide bonds. The number of rotatable bonds is 5. The Labute approximate surface area is 107 Å². The van der Waals surface area contributed by atoms with Gasteiger partial charge in [-0.05, 0) is 18.1 Å². The van der Waals surface area contributed by atoms with E-state index in [9.17, 15) is 4.79 Å². The summed E-state index contributed by atoms with van der Waals surface area (Å²) in [6.07, 6.45) is 2.07. The standard InChI is InChI=1S/C12H18ClN3O/c1-3-8(4-2)7-15-12(17)11-9(13)5-6-10(14)16-11/h5-6,8H,3-4,7H2,1-2H3,(H2,14,16)(H,15,17). The van der Waals surface area contributed by atoms with Gasteiger partial charge in [-0.3, -0.25) is 4.79 Å². The van der Waals surface area contributed by atoms with Crippen molar-refractivity contribution < 1.29 is 4.79 Å². The summed E-state index contributed by atoms with van der Waals surface area (Å²) >= 11 is 5.90. The van der Waals surface area contributed by atoms with Gasteiger partial charge in [0.15, 0.2) is 0 Å². The second-order valence-electron chi connectivity index (χ2n) is 3.96. The Morgan fingerprint density at radius 1 is 1.47 bits per heavy atom. The van der Waals surface area contributed by atoms with Crippen molar-refractivity contribution in [2.45, 2.75) is 26.7 Å². The Bertz CT molecular complexity index is 391. The number of pyridine rings is 1. The molecule has 1 aromatic heterocycles. The third kappa shape index (κ3) is 3.89. The number of carbonyl (C=O) groups excluding carboxylic acids is 1. The summed E-state index contributed by atoms with van der Waals surface area (Å²) in [5.41, 5.74) is 5.72. The molecule has 17 heavy (non-hydrogen) atoms. The molecule has 1 heterocycles. The van der Waals surface area contributed by atoms with Gasteiger partial charge < -0.3 is 11.1 Å². The second-order valence-corrected chi connectivity index (χ2v) is 4.37. The minimum Gasteiger partial charge on any atom is -0.384 e. The van der Waals surface area contributed by atoms with Gasteiger partial charge in [-0.25, -0.2) is 4.98 Å². The number of hydrogen-bond donors (Lipinski definition) is 2. The van der Waals surface area contributed by atoms with Crippen LogP contribution in [0.25, 0.3) is 0 Å². The SMILES string of the molecule is CCC(CC)CNC(=O)c1nc(N)ccc1Cl. The normalized spacial score (nSPS) is 10.6. The molecular weight excluding hydrogens is 238 g/mol. The fraction of sp³-hybridized carbons (Fsp3) is 0.500. The molecule has 5 heteroatoms. The van der Waals surface area contributed by atoms with Crippen LogP contribution < -0.4 is 11.1 Å². The van der Waals surface area contributed by atoms with Gasteiger partial charge in [-0.2, -0.15) is 0 Å². The highest BCUT2D eigenvalue weighted by atomic mass is 35.5. The monoisotopic (exact) mass is 255 g/mol. The van der Waals surface area contributed by atoms with Crippen LogP contribution in [0.2, 0.25) is 5.02 Å². The van der Waals surface area contributed by atoms with Crippen LogP contribution >= 0.6 is 11.6 Å². The first-order chi connectivity index (χ1) is 8.08. The van der Waals surface area contributed by atoms with E-state index in [4.69, 9.17) is 17.3 Å². The van der Waals surface area contributed by atoms with Crippen molar-refractivity contribution in [3.8, 4) is 0 Å². The van der Waals surface area contributed by atoms with Crippen LogP contribution in [0.4, 0.5) is 5.82 Å². The number of nitrogens with zero attached hydrogens (tertiary/aromatic N) is 1. The fourth-order valence-corrected chi connectivity index (χ4v) is 1.71. The Balaban J connectivity index is 2.66. The lowest BCUT2D eigenvalue weighted by Crippen LogP contribution is -2.30. The maximum Gasteiger partial charge on any atom is 0.271 e. The smallest absolute Gasteiger partial charge is 0.271 e. The minimum absolute atomic E-state index is 0.192. The van der Waals surface area contributed by atoms with Crippen molar-refractivity contribution in [2.75, 3.05) is 12.3 Å². The summed E-state index contributed by atoms with van der Waals surface area (Å²) in [6.45, 7) is 4.84. The van der Waals surface area contributed by atoms with E-state index in [1.165, 1.54) is 0 Å². The largest absolute Gasteiger partial charge is 0.384 e. The summed E-state index contributed by atoms with van der Waals surface area (Å²) in [6, 6.07) is 3.15. The van der Waals surface area contributed by atoms with Crippen LogP contribution in [-0.2, 0) is 0 Å². The molecule has 0 bridgehead atoms. The molecule has 0 saturated carbocycles. The van der Waals surface area contributed by atoms with E-state index in [1.54, 1.807) is 12.1 Å². The maximum atomic E-state index is 11.8. The molecule has 3 N–H and O–H groups in total. The molecule has 0 atom stereocenters. The van der Waals surface area contributed by atoms with Gasteiger partial charge in [0.05, 0.1) is 5.02 Å². The van der Waals surface area contributed by atoms with E-state index in [1.807, 2.05) is 0 Å². The number of hydrogen-bond acceptors (Lipinski definition) is 3. The third-order valence-electron chi connectivity index (χ3n) is 2.79. The highest BCUT2D eigenvalue weighted by molar-refractivity contribution is 6.33. The summed E-state index contributed by atoms with van der Waals surface area (Å²) in [5.74, 6) is 0.509. The van der Waals surface area contributed by atoms with E-state index in [2.05, 4.69) is 24.1 Å². The van der Waals surface area contributed by atoms with Crippen molar-refractivity contribution >= 4 is 23.3 Å². The lowest BCUT2D eigenvalue weighted by Gasteiger charge is -2.13. The maximum absolute atomic E-state index is 11.8. The number of aromatic nitrogens is 1. The van der Waals surface area contributed by atoms with Gasteiger partial charge in [0, 0.05) is 6.54 Å². The number of carbonyl (C=O) groups is 1. The summed E-state index contributed by atoms with van der Waals surface area (Å²) in [5, 5.41) is 3.15. The molecule has 0 fully saturated rings. The summed E-state index contributed by atoms with van der Waals surface area (Å²) in [4.78, 5) is 15.8. The van der Waals surface area contributed by atoms with Crippen molar-refractivity contribution in [3.05, 3.63) is 22.8 Å². The van der Waals surface area contributed by atoms with E-state index in [0.29, 0.717) is 23.3 Å². The zero-order chi connectivity index (χ0) is 12.8. The summed E-state index contributed by atoms with van der Waals surface area (Å²) < 4.78 is 0. The molecule has 0 radical (unpaired) electrons. The zero-order valence-electron chi connectivity index (χ0n) is 10.2. The molecule has 0 saturated heterocycles. The van der Waals surface area contributed by atoms with Crippen molar-refractivity contribution in [1.82, 2.24) is 10.3 Å². The number of anilines is 1. The van der Waals surface area contributed by atoms with E-state index < -0.39 is 0 Å². The van der Waals surface area contributed by atoms with Crippen LogP contribution in [-0.4, -0.2) is 17.4 Å². The Morgan fingerprint density at radius 2 is 2.12 bits per heavy atom. The first-order valence-corrected chi connectivity index (χ1v) is 6.16. The average molecular weight is 256 g/mol. The molecule has 0 aliphatic rings. The minimum atomic E-state index is -0.269. The quantitative estimate of drug-likeness (QED) is 0.849. The Hall–Kier alpha value is -1.29. The van der Waals surface area contributed by atoms with Gasteiger partial charge >= 0.3 is 0 Å². The van der Waals surface area contributed by atoms with E-state index in [-0.39, 0.29) is 11.6 Å². The van der Waals surface area contributed by atoms with E-state index in [0.717, 1.165) is 12.8 Å². The average Bonchev–Trinajstić information content (AvgIpc) is 2.33. The molecule has 1 rings (SSSR count). The number of nitrogen functional groups attached to an aromatic ring is 1. The van der Waals surface area contributed by atoms with Crippen molar-refractivity contribution in [3.63, 3.8) is 0 Å². The number of amides is 1. The van der Waals surface area contributed by atoms with Gasteiger partial charge in [0.25, 0.3) is 5.91 Å².